The fraction of sp³-hybridized carbons (Fsp3) is 0.533. The third-order valence-electron chi connectivity index (χ3n) is 4.22. The van der Waals surface area contributed by atoms with Gasteiger partial charge in [-0.1, -0.05) is 12.8 Å². The Hall–Kier alpha value is -1.69. The van der Waals surface area contributed by atoms with Gasteiger partial charge in [0.25, 0.3) is 0 Å². The number of allylic oxidation sites excluding steroid dienone is 1. The van der Waals surface area contributed by atoms with Crippen molar-refractivity contribution in [3.05, 3.63) is 23.7 Å². The molecule has 1 aliphatic heterocycles. The standard InChI is InChI=1S/C15H18N2O3S/c1-19-12-7-10-11(8-13(12)20-2)16-15(21)17(14(10)18)9-5-3-4-6-9/h7-10H,3-6H2,1-2H3. The number of carbonyl (C=O) groups is 1. The Labute approximate surface area is 129 Å². The molecular formula is C15H18N2O3S. The molecular weight excluding hydrogens is 288 g/mol. The Balaban J connectivity index is 1.96. The average Bonchev–Trinajstić information content (AvgIpc) is 3.00. The number of hydrogen-bond acceptors (Lipinski definition) is 4. The van der Waals surface area contributed by atoms with Crippen molar-refractivity contribution in [1.29, 1.82) is 0 Å². The first-order chi connectivity index (χ1) is 10.2. The summed E-state index contributed by atoms with van der Waals surface area (Å²) in [7, 11) is 3.13. The molecule has 1 amide bonds. The second-order valence-electron chi connectivity index (χ2n) is 5.39. The van der Waals surface area contributed by atoms with E-state index in [1.165, 1.54) is 0 Å². The maximum absolute atomic E-state index is 12.8. The lowest BCUT2D eigenvalue weighted by molar-refractivity contribution is -0.130. The zero-order chi connectivity index (χ0) is 15.0. The molecule has 2 aliphatic carbocycles. The molecule has 0 saturated heterocycles. The Morgan fingerprint density at radius 3 is 2.52 bits per heavy atom. The van der Waals surface area contributed by atoms with Crippen molar-refractivity contribution in [2.45, 2.75) is 31.7 Å². The van der Waals surface area contributed by atoms with Crippen LogP contribution in [0.25, 0.3) is 0 Å². The van der Waals surface area contributed by atoms with Gasteiger partial charge < -0.3 is 9.47 Å². The lowest BCUT2D eigenvalue weighted by Crippen LogP contribution is -2.50. The molecule has 1 saturated carbocycles. The predicted octanol–water partition coefficient (Wildman–Crippen LogP) is 2.19. The molecule has 1 heterocycles. The van der Waals surface area contributed by atoms with Crippen molar-refractivity contribution in [3.63, 3.8) is 0 Å². The first-order valence-corrected chi connectivity index (χ1v) is 7.54. The van der Waals surface area contributed by atoms with Gasteiger partial charge in [-0.05, 0) is 31.1 Å². The van der Waals surface area contributed by atoms with E-state index in [1.54, 1.807) is 31.3 Å². The topological polar surface area (TPSA) is 51.1 Å². The predicted molar refractivity (Wildman–Crippen MR) is 82.8 cm³/mol. The number of rotatable bonds is 3. The Morgan fingerprint density at radius 2 is 1.90 bits per heavy atom. The summed E-state index contributed by atoms with van der Waals surface area (Å²) < 4.78 is 10.5. The highest BCUT2D eigenvalue weighted by molar-refractivity contribution is 7.80. The summed E-state index contributed by atoms with van der Waals surface area (Å²) in [5, 5.41) is 0.374. The van der Waals surface area contributed by atoms with Crippen LogP contribution in [-0.2, 0) is 14.3 Å². The van der Waals surface area contributed by atoms with Crippen LogP contribution < -0.4 is 0 Å². The quantitative estimate of drug-likeness (QED) is 0.750. The molecule has 6 heteroatoms. The van der Waals surface area contributed by atoms with Crippen molar-refractivity contribution in [2.24, 2.45) is 10.9 Å². The average molecular weight is 306 g/mol. The minimum atomic E-state index is -0.425. The number of methoxy groups -OCH3 is 2. The first kappa shape index (κ1) is 14.3. The van der Waals surface area contributed by atoms with Gasteiger partial charge in [0.05, 0.1) is 19.9 Å². The Kier molecular flexibility index (Phi) is 3.80. The van der Waals surface area contributed by atoms with Gasteiger partial charge in [0.1, 0.15) is 5.92 Å². The molecule has 1 unspecified atom stereocenters. The molecule has 0 spiro atoms. The number of carbonyl (C=O) groups excluding carboxylic acids is 1. The Morgan fingerprint density at radius 1 is 1.24 bits per heavy atom. The van der Waals surface area contributed by atoms with Gasteiger partial charge in [0.2, 0.25) is 11.0 Å². The Bertz CT molecular complexity index is 573. The molecule has 1 fully saturated rings. The van der Waals surface area contributed by atoms with Gasteiger partial charge in [0.15, 0.2) is 11.5 Å². The van der Waals surface area contributed by atoms with Crippen molar-refractivity contribution in [2.75, 3.05) is 14.2 Å². The lowest BCUT2D eigenvalue weighted by atomic mass is 9.93. The number of aliphatic imine (C=N–C) groups is 1. The van der Waals surface area contributed by atoms with Crippen molar-refractivity contribution >= 4 is 28.9 Å². The largest absolute Gasteiger partial charge is 0.493 e. The number of thiocarbonyl (C=S) groups is 1. The van der Waals surface area contributed by atoms with Crippen LogP contribution in [0, 0.1) is 5.92 Å². The van der Waals surface area contributed by atoms with E-state index in [0.717, 1.165) is 25.7 Å². The number of hydrogen-bond donors (Lipinski definition) is 0. The summed E-state index contributed by atoms with van der Waals surface area (Å²) in [6.07, 6.45) is 7.80. The normalized spacial score (nSPS) is 26.1. The van der Waals surface area contributed by atoms with Crippen molar-refractivity contribution in [1.82, 2.24) is 4.90 Å². The maximum atomic E-state index is 12.8. The minimum absolute atomic E-state index is 0.00199. The SMILES string of the molecule is COC1=CC2=NC(=S)N(C3CCCC3)C(=O)C2C=C1OC. The van der Waals surface area contributed by atoms with E-state index >= 15 is 0 Å². The molecule has 0 bridgehead atoms. The lowest BCUT2D eigenvalue weighted by Gasteiger charge is -2.35. The molecule has 0 N–H and O–H groups in total. The third-order valence-corrected chi connectivity index (χ3v) is 4.51. The molecule has 5 nitrogen and oxygen atoms in total. The molecule has 21 heavy (non-hydrogen) atoms. The van der Waals surface area contributed by atoms with E-state index in [-0.39, 0.29) is 11.9 Å². The first-order valence-electron chi connectivity index (χ1n) is 7.13. The van der Waals surface area contributed by atoms with Gasteiger partial charge in [-0.2, -0.15) is 0 Å². The van der Waals surface area contributed by atoms with E-state index in [0.29, 0.717) is 22.3 Å². The summed E-state index contributed by atoms with van der Waals surface area (Å²) >= 11 is 5.34. The summed E-state index contributed by atoms with van der Waals surface area (Å²) in [5.74, 6) is 0.704. The van der Waals surface area contributed by atoms with Crippen LogP contribution in [0.15, 0.2) is 28.7 Å². The van der Waals surface area contributed by atoms with E-state index < -0.39 is 5.92 Å². The second-order valence-corrected chi connectivity index (χ2v) is 5.76. The number of ether oxygens (including phenoxy) is 2. The molecule has 0 aromatic heterocycles. The van der Waals surface area contributed by atoms with Crippen LogP contribution in [0.3, 0.4) is 0 Å². The zero-order valence-electron chi connectivity index (χ0n) is 12.2. The highest BCUT2D eigenvalue weighted by Gasteiger charge is 2.40. The zero-order valence-corrected chi connectivity index (χ0v) is 13.0. The van der Waals surface area contributed by atoms with Gasteiger partial charge >= 0.3 is 0 Å². The summed E-state index contributed by atoms with van der Waals surface area (Å²) in [6, 6.07) is 0.197. The summed E-state index contributed by atoms with van der Waals surface area (Å²) in [5.41, 5.74) is 0.636. The molecule has 3 aliphatic rings. The van der Waals surface area contributed by atoms with E-state index in [1.807, 2.05) is 0 Å². The van der Waals surface area contributed by atoms with Crippen LogP contribution in [0.1, 0.15) is 25.7 Å². The van der Waals surface area contributed by atoms with Crippen molar-refractivity contribution < 1.29 is 14.3 Å². The van der Waals surface area contributed by atoms with Crippen molar-refractivity contribution in [3.8, 4) is 0 Å². The molecule has 1 atom stereocenters. The molecule has 0 aromatic rings. The minimum Gasteiger partial charge on any atom is -0.493 e. The number of amides is 1. The van der Waals surface area contributed by atoms with E-state index in [4.69, 9.17) is 21.7 Å². The molecule has 0 aromatic carbocycles. The smallest absolute Gasteiger partial charge is 0.242 e. The highest BCUT2D eigenvalue weighted by Crippen LogP contribution is 2.32. The fourth-order valence-electron chi connectivity index (χ4n) is 3.15. The van der Waals surface area contributed by atoms with Gasteiger partial charge in [0, 0.05) is 12.1 Å². The molecule has 112 valence electrons. The van der Waals surface area contributed by atoms with Crippen LogP contribution in [0.5, 0.6) is 0 Å². The van der Waals surface area contributed by atoms with Crippen LogP contribution in [0.4, 0.5) is 0 Å². The van der Waals surface area contributed by atoms with Crippen LogP contribution in [-0.4, -0.2) is 41.9 Å². The van der Waals surface area contributed by atoms with Crippen LogP contribution in [0.2, 0.25) is 0 Å². The van der Waals surface area contributed by atoms with E-state index in [9.17, 15) is 4.79 Å². The fourth-order valence-corrected chi connectivity index (χ4v) is 3.49. The number of fused-ring (bicyclic) bond motifs is 1. The van der Waals surface area contributed by atoms with E-state index in [2.05, 4.69) is 4.99 Å². The number of nitrogens with zero attached hydrogens (tertiary/aromatic N) is 2. The molecule has 3 rings (SSSR count). The second kappa shape index (κ2) is 5.60. The maximum Gasteiger partial charge on any atom is 0.242 e. The van der Waals surface area contributed by atoms with Gasteiger partial charge in [-0.25, -0.2) is 4.99 Å². The summed E-state index contributed by atoms with van der Waals surface area (Å²) in [6.45, 7) is 0. The third kappa shape index (κ3) is 2.37. The van der Waals surface area contributed by atoms with Gasteiger partial charge in [-0.15, -0.1) is 0 Å². The summed E-state index contributed by atoms with van der Waals surface area (Å²) in [4.78, 5) is 18.9. The molecule has 0 radical (unpaired) electrons. The van der Waals surface area contributed by atoms with Gasteiger partial charge in [-0.3, -0.25) is 9.69 Å². The van der Waals surface area contributed by atoms with Crippen LogP contribution >= 0.6 is 12.2 Å². The highest BCUT2D eigenvalue weighted by atomic mass is 32.1. The monoisotopic (exact) mass is 306 g/mol.